The fourth-order valence-electron chi connectivity index (χ4n) is 2.07. The fourth-order valence-corrected chi connectivity index (χ4v) is 2.07. The van der Waals surface area contributed by atoms with E-state index in [1.165, 1.54) is 0 Å². The summed E-state index contributed by atoms with van der Waals surface area (Å²) in [5, 5.41) is 9.04. The topological polar surface area (TPSA) is 49.8 Å². The number of carbonyl (C=O) groups excluding carboxylic acids is 1. The van der Waals surface area contributed by atoms with Crippen LogP contribution in [0.2, 0.25) is 0 Å². The maximum absolute atomic E-state index is 12.0. The Kier molecular flexibility index (Phi) is 6.52. The highest BCUT2D eigenvalue weighted by molar-refractivity contribution is 5.80. The van der Waals surface area contributed by atoms with Gasteiger partial charge in [0.1, 0.15) is 6.10 Å². The third kappa shape index (κ3) is 4.64. The van der Waals surface area contributed by atoms with Crippen molar-refractivity contribution in [3.63, 3.8) is 0 Å². The zero-order chi connectivity index (χ0) is 12.7. The summed E-state index contributed by atoms with van der Waals surface area (Å²) in [5.41, 5.74) is 0. The molecular weight excluding hydrogens is 218 g/mol. The van der Waals surface area contributed by atoms with Crippen LogP contribution < -0.4 is 0 Å². The van der Waals surface area contributed by atoms with Crippen molar-refractivity contribution in [1.29, 1.82) is 0 Å². The van der Waals surface area contributed by atoms with E-state index in [0.29, 0.717) is 12.5 Å². The lowest BCUT2D eigenvalue weighted by Gasteiger charge is -2.32. The summed E-state index contributed by atoms with van der Waals surface area (Å²) < 4.78 is 5.51. The molecule has 1 fully saturated rings. The molecular formula is C13H25NO3. The largest absolute Gasteiger partial charge is 0.396 e. The van der Waals surface area contributed by atoms with Crippen molar-refractivity contribution in [2.75, 3.05) is 26.3 Å². The molecule has 1 aliphatic rings. The number of aliphatic hydroxyl groups excluding tert-OH is 1. The molecule has 1 aliphatic heterocycles. The van der Waals surface area contributed by atoms with Crippen molar-refractivity contribution in [2.24, 2.45) is 5.92 Å². The van der Waals surface area contributed by atoms with E-state index >= 15 is 0 Å². The molecule has 1 unspecified atom stereocenters. The van der Waals surface area contributed by atoms with E-state index < -0.39 is 0 Å². The molecule has 0 aromatic carbocycles. The molecule has 1 saturated heterocycles. The SMILES string of the molecule is CCCCOC(C)C(=O)N1CCC(CO)CC1. The number of carbonyl (C=O) groups is 1. The van der Waals surface area contributed by atoms with E-state index in [0.717, 1.165) is 38.8 Å². The molecule has 0 spiro atoms. The molecule has 0 aromatic heterocycles. The number of amides is 1. The summed E-state index contributed by atoms with van der Waals surface area (Å²) in [4.78, 5) is 13.9. The molecule has 1 N–H and O–H groups in total. The van der Waals surface area contributed by atoms with Crippen molar-refractivity contribution in [1.82, 2.24) is 4.90 Å². The van der Waals surface area contributed by atoms with E-state index in [4.69, 9.17) is 9.84 Å². The van der Waals surface area contributed by atoms with Crippen LogP contribution >= 0.6 is 0 Å². The van der Waals surface area contributed by atoms with Crippen LogP contribution in [0, 0.1) is 5.92 Å². The van der Waals surface area contributed by atoms with Gasteiger partial charge in [-0.05, 0) is 32.1 Å². The number of piperidine rings is 1. The van der Waals surface area contributed by atoms with Crippen LogP contribution in [0.5, 0.6) is 0 Å². The summed E-state index contributed by atoms with van der Waals surface area (Å²) in [6.07, 6.45) is 3.58. The van der Waals surface area contributed by atoms with Gasteiger partial charge in [-0.2, -0.15) is 0 Å². The van der Waals surface area contributed by atoms with Crippen molar-refractivity contribution in [2.45, 2.75) is 45.6 Å². The average molecular weight is 243 g/mol. The zero-order valence-electron chi connectivity index (χ0n) is 11.0. The highest BCUT2D eigenvalue weighted by Crippen LogP contribution is 2.17. The van der Waals surface area contributed by atoms with Gasteiger partial charge >= 0.3 is 0 Å². The van der Waals surface area contributed by atoms with E-state index in [1.54, 1.807) is 0 Å². The second kappa shape index (κ2) is 7.67. The Labute approximate surface area is 104 Å². The van der Waals surface area contributed by atoms with Crippen molar-refractivity contribution >= 4 is 5.91 Å². The van der Waals surface area contributed by atoms with Gasteiger partial charge in [0.05, 0.1) is 0 Å². The Morgan fingerprint density at radius 2 is 2.12 bits per heavy atom. The van der Waals surface area contributed by atoms with Gasteiger partial charge in [0, 0.05) is 26.3 Å². The normalized spacial score (nSPS) is 19.4. The second-order valence-electron chi connectivity index (χ2n) is 4.82. The van der Waals surface area contributed by atoms with E-state index in [1.807, 2.05) is 11.8 Å². The van der Waals surface area contributed by atoms with Gasteiger partial charge in [0.25, 0.3) is 5.91 Å². The van der Waals surface area contributed by atoms with E-state index in [2.05, 4.69) is 6.92 Å². The molecule has 1 atom stereocenters. The number of rotatable bonds is 6. The van der Waals surface area contributed by atoms with Crippen molar-refractivity contribution < 1.29 is 14.6 Å². The van der Waals surface area contributed by atoms with Crippen molar-refractivity contribution in [3.8, 4) is 0 Å². The standard InChI is InChI=1S/C13H25NO3/c1-3-4-9-17-11(2)13(16)14-7-5-12(10-15)6-8-14/h11-12,15H,3-10H2,1-2H3. The molecule has 1 amide bonds. The lowest BCUT2D eigenvalue weighted by atomic mass is 9.97. The van der Waals surface area contributed by atoms with E-state index in [-0.39, 0.29) is 18.6 Å². The first-order chi connectivity index (χ1) is 8.19. The van der Waals surface area contributed by atoms with Gasteiger partial charge in [0.2, 0.25) is 0 Å². The van der Waals surface area contributed by atoms with Crippen LogP contribution in [0.3, 0.4) is 0 Å². The Hall–Kier alpha value is -0.610. The molecule has 0 aromatic rings. The van der Waals surface area contributed by atoms with Crippen LogP contribution in [0.15, 0.2) is 0 Å². The quantitative estimate of drug-likeness (QED) is 0.718. The summed E-state index contributed by atoms with van der Waals surface area (Å²) in [6, 6.07) is 0. The Bertz CT molecular complexity index is 225. The minimum Gasteiger partial charge on any atom is -0.396 e. The highest BCUT2D eigenvalue weighted by Gasteiger charge is 2.25. The highest BCUT2D eigenvalue weighted by atomic mass is 16.5. The van der Waals surface area contributed by atoms with Gasteiger partial charge in [-0.25, -0.2) is 0 Å². The predicted octanol–water partition coefficient (Wildman–Crippen LogP) is 1.42. The molecule has 17 heavy (non-hydrogen) atoms. The predicted molar refractivity (Wildman–Crippen MR) is 66.7 cm³/mol. The van der Waals surface area contributed by atoms with Crippen molar-refractivity contribution in [3.05, 3.63) is 0 Å². The van der Waals surface area contributed by atoms with Gasteiger partial charge < -0.3 is 14.7 Å². The lowest BCUT2D eigenvalue weighted by Crippen LogP contribution is -2.44. The molecule has 1 heterocycles. The number of hydrogen-bond acceptors (Lipinski definition) is 3. The van der Waals surface area contributed by atoms with Crippen LogP contribution in [-0.4, -0.2) is 48.3 Å². The first-order valence-electron chi connectivity index (χ1n) is 6.70. The molecule has 4 nitrogen and oxygen atoms in total. The third-order valence-electron chi connectivity index (χ3n) is 3.40. The number of nitrogens with zero attached hydrogens (tertiary/aromatic N) is 1. The second-order valence-corrected chi connectivity index (χ2v) is 4.82. The van der Waals surface area contributed by atoms with Crippen LogP contribution in [-0.2, 0) is 9.53 Å². The molecule has 4 heteroatoms. The number of aliphatic hydroxyl groups is 1. The van der Waals surface area contributed by atoms with Gasteiger partial charge in [-0.15, -0.1) is 0 Å². The molecule has 100 valence electrons. The summed E-state index contributed by atoms with van der Waals surface area (Å²) in [5.74, 6) is 0.466. The Morgan fingerprint density at radius 3 is 2.65 bits per heavy atom. The minimum absolute atomic E-state index is 0.0949. The maximum atomic E-state index is 12.0. The molecule has 1 rings (SSSR count). The summed E-state index contributed by atoms with van der Waals surface area (Å²) >= 11 is 0. The molecule has 0 aliphatic carbocycles. The smallest absolute Gasteiger partial charge is 0.251 e. The number of hydrogen-bond donors (Lipinski definition) is 1. The van der Waals surface area contributed by atoms with Gasteiger partial charge in [-0.1, -0.05) is 13.3 Å². The Morgan fingerprint density at radius 1 is 1.47 bits per heavy atom. The minimum atomic E-state index is -0.327. The molecule has 0 bridgehead atoms. The number of unbranched alkanes of at least 4 members (excludes halogenated alkanes) is 1. The molecule has 0 saturated carbocycles. The number of likely N-dealkylation sites (tertiary alicyclic amines) is 1. The van der Waals surface area contributed by atoms with Gasteiger partial charge in [-0.3, -0.25) is 4.79 Å². The third-order valence-corrected chi connectivity index (χ3v) is 3.40. The number of ether oxygens (including phenoxy) is 1. The summed E-state index contributed by atoms with van der Waals surface area (Å²) in [7, 11) is 0. The fraction of sp³-hybridized carbons (Fsp3) is 0.923. The lowest BCUT2D eigenvalue weighted by molar-refractivity contribution is -0.144. The first kappa shape index (κ1) is 14.5. The zero-order valence-corrected chi connectivity index (χ0v) is 11.0. The van der Waals surface area contributed by atoms with Crippen LogP contribution in [0.4, 0.5) is 0 Å². The van der Waals surface area contributed by atoms with E-state index in [9.17, 15) is 4.79 Å². The molecule has 0 radical (unpaired) electrons. The van der Waals surface area contributed by atoms with Crippen LogP contribution in [0.1, 0.15) is 39.5 Å². The monoisotopic (exact) mass is 243 g/mol. The first-order valence-corrected chi connectivity index (χ1v) is 6.70. The summed E-state index contributed by atoms with van der Waals surface area (Å²) in [6.45, 7) is 6.35. The maximum Gasteiger partial charge on any atom is 0.251 e. The van der Waals surface area contributed by atoms with Gasteiger partial charge in [0.15, 0.2) is 0 Å². The van der Waals surface area contributed by atoms with Crippen LogP contribution in [0.25, 0.3) is 0 Å². The Balaban J connectivity index is 2.27. The average Bonchev–Trinajstić information content (AvgIpc) is 2.38.